The van der Waals surface area contributed by atoms with E-state index in [0.717, 1.165) is 24.3 Å². The summed E-state index contributed by atoms with van der Waals surface area (Å²) in [6, 6.07) is 15.1. The maximum atomic E-state index is 12.7. The van der Waals surface area contributed by atoms with E-state index >= 15 is 0 Å². The molecule has 0 heterocycles. The Morgan fingerprint density at radius 1 is 0.806 bits per heavy atom. The molecule has 3 N–H and O–H groups in total. The largest absolute Gasteiger partial charge is 0.573 e. The van der Waals surface area contributed by atoms with Gasteiger partial charge in [-0.2, -0.15) is 13.2 Å². The van der Waals surface area contributed by atoms with Gasteiger partial charge >= 0.3 is 18.6 Å². The summed E-state index contributed by atoms with van der Waals surface area (Å²) in [7, 11) is -4.62. The molecule has 7 nitrogen and oxygen atoms in total. The predicted octanol–water partition coefficient (Wildman–Crippen LogP) is 5.74. The Kier molecular flexibility index (Phi) is 7.79. The van der Waals surface area contributed by atoms with Crippen LogP contribution in [0.2, 0.25) is 0 Å². The van der Waals surface area contributed by atoms with Gasteiger partial charge in [-0.15, -0.1) is 13.2 Å². The van der Waals surface area contributed by atoms with E-state index in [1.165, 1.54) is 22.9 Å². The zero-order valence-corrected chi connectivity index (χ0v) is 18.8. The van der Waals surface area contributed by atoms with E-state index in [4.69, 9.17) is 0 Å². The molecule has 0 aliphatic rings. The first-order valence-electron chi connectivity index (χ1n) is 9.92. The molecule has 0 unspecified atom stereocenters. The number of halogens is 6. The van der Waals surface area contributed by atoms with E-state index < -0.39 is 45.8 Å². The molecular formula is C22H17F6N3O4S. The number of carbonyl (C=O) groups excluding carboxylic acids is 1. The number of para-hydroxylation sites is 2. The van der Waals surface area contributed by atoms with Gasteiger partial charge in [-0.25, -0.2) is 17.9 Å². The van der Waals surface area contributed by atoms with Crippen LogP contribution in [-0.4, -0.2) is 33.5 Å². The number of benzene rings is 3. The van der Waals surface area contributed by atoms with Gasteiger partial charge in [-0.05, 0) is 29.8 Å². The molecule has 0 aromatic heterocycles. The van der Waals surface area contributed by atoms with E-state index in [-0.39, 0.29) is 11.4 Å². The number of amides is 2. The second-order valence-corrected chi connectivity index (χ2v) is 8.90. The highest BCUT2D eigenvalue weighted by molar-refractivity contribution is 7.89. The second-order valence-electron chi connectivity index (χ2n) is 7.14. The molecular weight excluding hydrogens is 516 g/mol. The van der Waals surface area contributed by atoms with Gasteiger partial charge < -0.3 is 15.4 Å². The van der Waals surface area contributed by atoms with Crippen molar-refractivity contribution >= 4 is 27.4 Å². The Bertz CT molecular complexity index is 1330. The van der Waals surface area contributed by atoms with E-state index in [0.29, 0.717) is 11.1 Å². The number of ether oxygens (including phenoxy) is 1. The van der Waals surface area contributed by atoms with Crippen molar-refractivity contribution in [2.75, 3.05) is 17.2 Å². The predicted molar refractivity (Wildman–Crippen MR) is 119 cm³/mol. The molecule has 3 aromatic carbocycles. The average molecular weight is 533 g/mol. The lowest BCUT2D eigenvalue weighted by atomic mass is 10.0. The zero-order valence-electron chi connectivity index (χ0n) is 17.9. The lowest BCUT2D eigenvalue weighted by Gasteiger charge is -2.17. The van der Waals surface area contributed by atoms with E-state index in [1.54, 1.807) is 30.3 Å². The minimum Gasteiger partial charge on any atom is -0.404 e. The van der Waals surface area contributed by atoms with Gasteiger partial charge in [0.1, 0.15) is 6.54 Å². The minimum absolute atomic E-state index is 0.136. The third kappa shape index (κ3) is 7.61. The van der Waals surface area contributed by atoms with Gasteiger partial charge in [0.2, 0.25) is 10.0 Å². The van der Waals surface area contributed by atoms with Gasteiger partial charge in [-0.3, -0.25) is 0 Å². The SMILES string of the molecule is O=C(Nc1ccccc1OC(F)(F)F)Nc1cc(S(=O)(=O)NCC(F)(F)F)ccc1-c1ccccc1. The molecule has 0 spiro atoms. The van der Waals surface area contributed by atoms with Crippen molar-refractivity contribution in [2.45, 2.75) is 17.4 Å². The molecule has 0 saturated heterocycles. The first kappa shape index (κ1) is 26.8. The topological polar surface area (TPSA) is 96.5 Å². The van der Waals surface area contributed by atoms with Crippen LogP contribution in [0, 0.1) is 0 Å². The molecule has 0 aliphatic carbocycles. The van der Waals surface area contributed by atoms with Crippen LogP contribution in [0.5, 0.6) is 5.75 Å². The van der Waals surface area contributed by atoms with Crippen LogP contribution in [0.15, 0.2) is 77.7 Å². The third-order valence-electron chi connectivity index (χ3n) is 4.46. The Morgan fingerprint density at radius 3 is 2.06 bits per heavy atom. The average Bonchev–Trinajstić information content (AvgIpc) is 2.78. The standard InChI is InChI=1S/C22H17F6N3O4S/c23-21(24,25)13-29-36(33,34)15-10-11-16(14-6-2-1-3-7-14)18(12-15)31-20(32)30-17-8-4-5-9-19(17)35-22(26,27)28/h1-12,29H,13H2,(H2,30,31,32). The summed E-state index contributed by atoms with van der Waals surface area (Å²) < 4.78 is 106. The Balaban J connectivity index is 1.93. The maximum Gasteiger partial charge on any atom is 0.573 e. The highest BCUT2D eigenvalue weighted by Gasteiger charge is 2.32. The number of urea groups is 1. The molecule has 0 aliphatic heterocycles. The molecule has 0 radical (unpaired) electrons. The highest BCUT2D eigenvalue weighted by atomic mass is 32.2. The quantitative estimate of drug-likeness (QED) is 0.338. The maximum absolute atomic E-state index is 12.7. The molecule has 0 saturated carbocycles. The van der Waals surface area contributed by atoms with Gasteiger partial charge in [0, 0.05) is 5.56 Å². The fraction of sp³-hybridized carbons (Fsp3) is 0.136. The molecule has 3 aromatic rings. The van der Waals surface area contributed by atoms with Gasteiger partial charge in [0.25, 0.3) is 0 Å². The molecule has 3 rings (SSSR count). The summed E-state index contributed by atoms with van der Waals surface area (Å²) in [5.74, 6) is -0.698. The van der Waals surface area contributed by atoms with Crippen molar-refractivity contribution < 1.29 is 44.3 Å². The smallest absolute Gasteiger partial charge is 0.404 e. The molecule has 14 heteroatoms. The number of nitrogens with one attached hydrogen (secondary N) is 3. The zero-order chi connectivity index (χ0) is 26.6. The molecule has 2 amide bonds. The minimum atomic E-state index is -5.03. The molecule has 0 bridgehead atoms. The lowest BCUT2D eigenvalue weighted by Crippen LogP contribution is -2.33. The highest BCUT2D eigenvalue weighted by Crippen LogP contribution is 2.32. The summed E-state index contributed by atoms with van der Waals surface area (Å²) >= 11 is 0. The van der Waals surface area contributed by atoms with Crippen LogP contribution >= 0.6 is 0 Å². The van der Waals surface area contributed by atoms with Crippen molar-refractivity contribution in [1.29, 1.82) is 0 Å². The van der Waals surface area contributed by atoms with Crippen molar-refractivity contribution in [1.82, 2.24) is 4.72 Å². The monoisotopic (exact) mass is 533 g/mol. The fourth-order valence-corrected chi connectivity index (χ4v) is 4.02. The number of hydrogen-bond donors (Lipinski definition) is 3. The van der Waals surface area contributed by atoms with Crippen LogP contribution in [0.1, 0.15) is 0 Å². The van der Waals surface area contributed by atoms with Crippen molar-refractivity contribution in [2.24, 2.45) is 0 Å². The second kappa shape index (κ2) is 10.5. The molecule has 36 heavy (non-hydrogen) atoms. The number of rotatable bonds is 7. The van der Waals surface area contributed by atoms with Crippen molar-refractivity contribution in [3.05, 3.63) is 72.8 Å². The summed E-state index contributed by atoms with van der Waals surface area (Å²) in [4.78, 5) is 12.0. The first-order chi connectivity index (χ1) is 16.7. The van der Waals surface area contributed by atoms with E-state index in [1.807, 2.05) is 0 Å². The van der Waals surface area contributed by atoms with Gasteiger partial charge in [0.05, 0.1) is 16.3 Å². The first-order valence-corrected chi connectivity index (χ1v) is 11.4. The van der Waals surface area contributed by atoms with Crippen LogP contribution in [0.3, 0.4) is 0 Å². The van der Waals surface area contributed by atoms with Crippen molar-refractivity contribution in [3.8, 4) is 16.9 Å². The third-order valence-corrected chi connectivity index (χ3v) is 5.86. The van der Waals surface area contributed by atoms with Crippen LogP contribution in [0.4, 0.5) is 42.5 Å². The summed E-state index contributed by atoms with van der Waals surface area (Å²) in [5, 5.41) is 4.51. The molecule has 0 fully saturated rings. The van der Waals surface area contributed by atoms with E-state index in [2.05, 4.69) is 15.4 Å². The Morgan fingerprint density at radius 2 is 1.42 bits per heavy atom. The molecule has 0 atom stereocenters. The van der Waals surface area contributed by atoms with Gasteiger partial charge in [-0.1, -0.05) is 48.5 Å². The van der Waals surface area contributed by atoms with Crippen LogP contribution < -0.4 is 20.1 Å². The lowest BCUT2D eigenvalue weighted by molar-refractivity contribution is -0.274. The number of carbonyl (C=O) groups is 1. The Hall–Kier alpha value is -3.78. The van der Waals surface area contributed by atoms with Crippen LogP contribution in [-0.2, 0) is 10.0 Å². The van der Waals surface area contributed by atoms with Gasteiger partial charge in [0.15, 0.2) is 5.75 Å². The number of alkyl halides is 6. The fourth-order valence-electron chi connectivity index (χ4n) is 2.98. The summed E-state index contributed by atoms with van der Waals surface area (Å²) in [6.07, 6.45) is -9.83. The number of hydrogen-bond acceptors (Lipinski definition) is 4. The Labute approximate surface area is 201 Å². The normalized spacial score (nSPS) is 12.2. The number of anilines is 2. The molecule has 192 valence electrons. The summed E-state index contributed by atoms with van der Waals surface area (Å²) in [6.45, 7) is -1.81. The van der Waals surface area contributed by atoms with E-state index in [9.17, 15) is 39.6 Å². The number of sulfonamides is 1. The van der Waals surface area contributed by atoms with Crippen molar-refractivity contribution in [3.63, 3.8) is 0 Å². The van der Waals surface area contributed by atoms with Crippen LogP contribution in [0.25, 0.3) is 11.1 Å². The summed E-state index contributed by atoms with van der Waals surface area (Å²) in [5.41, 5.74) is 0.327.